The number of benzene rings is 1. The Morgan fingerprint density at radius 3 is 2.76 bits per heavy atom. The van der Waals surface area contributed by atoms with Gasteiger partial charge in [0.1, 0.15) is 12.4 Å². The van der Waals surface area contributed by atoms with Crippen LogP contribution in [0.2, 0.25) is 0 Å². The molecule has 1 aliphatic heterocycles. The smallest absolute Gasteiger partial charge is 0.241 e. The zero-order valence-electron chi connectivity index (χ0n) is 12.7. The summed E-state index contributed by atoms with van der Waals surface area (Å²) < 4.78 is 10.4. The fourth-order valence-electron chi connectivity index (χ4n) is 2.50. The quantitative estimate of drug-likeness (QED) is 0.788. The maximum absolute atomic E-state index is 12.3. The topological polar surface area (TPSA) is 59.6 Å². The fraction of sp³-hybridized carbons (Fsp3) is 0.562. The number of methoxy groups -OCH3 is 1. The lowest BCUT2D eigenvalue weighted by Gasteiger charge is -2.28. The Morgan fingerprint density at radius 2 is 2.10 bits per heavy atom. The number of ether oxygens (including phenoxy) is 2. The van der Waals surface area contributed by atoms with Gasteiger partial charge in [-0.15, -0.1) is 0 Å². The van der Waals surface area contributed by atoms with Crippen LogP contribution in [0.25, 0.3) is 0 Å². The van der Waals surface area contributed by atoms with E-state index >= 15 is 0 Å². The second kappa shape index (κ2) is 8.00. The summed E-state index contributed by atoms with van der Waals surface area (Å²) in [5.74, 6) is 1.18. The molecule has 1 amide bonds. The first kappa shape index (κ1) is 15.8. The van der Waals surface area contributed by atoms with Gasteiger partial charge in [0.2, 0.25) is 5.91 Å². The van der Waals surface area contributed by atoms with Gasteiger partial charge in [-0.05, 0) is 49.6 Å². The van der Waals surface area contributed by atoms with Crippen molar-refractivity contribution in [3.8, 4) is 5.75 Å². The fourth-order valence-corrected chi connectivity index (χ4v) is 2.50. The second-order valence-corrected chi connectivity index (χ2v) is 5.41. The highest BCUT2D eigenvalue weighted by atomic mass is 16.5. The van der Waals surface area contributed by atoms with Crippen LogP contribution in [0.3, 0.4) is 0 Å². The van der Waals surface area contributed by atoms with E-state index in [1.54, 1.807) is 7.11 Å². The van der Waals surface area contributed by atoms with Gasteiger partial charge in [0.15, 0.2) is 0 Å². The van der Waals surface area contributed by atoms with E-state index in [1.807, 2.05) is 24.3 Å². The maximum Gasteiger partial charge on any atom is 0.241 e. The highest BCUT2D eigenvalue weighted by Gasteiger charge is 2.27. The van der Waals surface area contributed by atoms with Gasteiger partial charge in [0, 0.05) is 12.8 Å². The van der Waals surface area contributed by atoms with Crippen molar-refractivity contribution in [2.45, 2.75) is 25.8 Å². The van der Waals surface area contributed by atoms with Crippen molar-refractivity contribution in [2.75, 3.05) is 32.2 Å². The molecule has 2 atom stereocenters. The van der Waals surface area contributed by atoms with Crippen LogP contribution in [0, 0.1) is 5.92 Å². The molecule has 5 nitrogen and oxygen atoms in total. The predicted molar refractivity (Wildman–Crippen MR) is 82.6 cm³/mol. The van der Waals surface area contributed by atoms with E-state index in [0.29, 0.717) is 19.1 Å². The Labute approximate surface area is 126 Å². The first-order valence-electron chi connectivity index (χ1n) is 7.47. The van der Waals surface area contributed by atoms with Gasteiger partial charge in [-0.1, -0.05) is 6.92 Å². The summed E-state index contributed by atoms with van der Waals surface area (Å²) >= 11 is 0. The molecule has 1 heterocycles. The van der Waals surface area contributed by atoms with E-state index in [2.05, 4.69) is 17.6 Å². The Hall–Kier alpha value is -1.59. The number of piperidine rings is 1. The lowest BCUT2D eigenvalue weighted by atomic mass is 9.92. The number of rotatable bonds is 6. The molecule has 2 unspecified atom stereocenters. The molecule has 5 heteroatoms. The van der Waals surface area contributed by atoms with E-state index in [-0.39, 0.29) is 11.9 Å². The lowest BCUT2D eigenvalue weighted by molar-refractivity contribution is -0.119. The Morgan fingerprint density at radius 1 is 1.33 bits per heavy atom. The molecule has 0 aliphatic carbocycles. The third kappa shape index (κ3) is 4.72. The number of carbonyl (C=O) groups excluding carboxylic acids is 1. The van der Waals surface area contributed by atoms with E-state index in [9.17, 15) is 4.79 Å². The molecule has 1 fully saturated rings. The van der Waals surface area contributed by atoms with Crippen molar-refractivity contribution in [1.82, 2.24) is 5.32 Å². The summed E-state index contributed by atoms with van der Waals surface area (Å²) in [5.41, 5.74) is 0.790. The highest BCUT2D eigenvalue weighted by Crippen LogP contribution is 2.19. The maximum atomic E-state index is 12.3. The summed E-state index contributed by atoms with van der Waals surface area (Å²) in [6.45, 7) is 4.10. The molecule has 2 N–H and O–H groups in total. The third-order valence-corrected chi connectivity index (χ3v) is 3.73. The van der Waals surface area contributed by atoms with Gasteiger partial charge < -0.3 is 20.1 Å². The minimum absolute atomic E-state index is 0.0373. The molecule has 21 heavy (non-hydrogen) atoms. The first-order valence-corrected chi connectivity index (χ1v) is 7.47. The molecule has 0 aromatic heterocycles. The van der Waals surface area contributed by atoms with Gasteiger partial charge in [-0.2, -0.15) is 0 Å². The number of hydrogen-bond acceptors (Lipinski definition) is 4. The number of nitrogens with one attached hydrogen (secondary N) is 2. The van der Waals surface area contributed by atoms with Crippen LogP contribution >= 0.6 is 0 Å². The van der Waals surface area contributed by atoms with Crippen LogP contribution in [0.4, 0.5) is 5.69 Å². The number of amides is 1. The summed E-state index contributed by atoms with van der Waals surface area (Å²) in [6.07, 6.45) is 2.23. The van der Waals surface area contributed by atoms with Crippen molar-refractivity contribution in [2.24, 2.45) is 5.92 Å². The normalized spacial score (nSPS) is 21.8. The van der Waals surface area contributed by atoms with Crippen LogP contribution in [-0.4, -0.2) is 38.8 Å². The molecular formula is C16H24N2O3. The largest absolute Gasteiger partial charge is 0.491 e. The number of anilines is 1. The Bertz CT molecular complexity index is 447. The standard InChI is InChI=1S/C16H24N2O3/c1-12-4-3-9-17-15(12)16(19)18-13-5-7-14(8-6-13)21-11-10-20-2/h5-8,12,15,17H,3-4,9-11H2,1-2H3,(H,18,19). The monoisotopic (exact) mass is 292 g/mol. The zero-order chi connectivity index (χ0) is 15.1. The summed E-state index contributed by atoms with van der Waals surface area (Å²) in [6, 6.07) is 7.31. The zero-order valence-corrected chi connectivity index (χ0v) is 12.7. The number of hydrogen-bond donors (Lipinski definition) is 2. The van der Waals surface area contributed by atoms with Crippen LogP contribution in [0.5, 0.6) is 5.75 Å². The first-order chi connectivity index (χ1) is 10.2. The van der Waals surface area contributed by atoms with E-state index in [0.717, 1.165) is 30.8 Å². The molecule has 0 saturated carbocycles. The molecule has 2 rings (SSSR count). The van der Waals surface area contributed by atoms with Crippen molar-refractivity contribution in [3.63, 3.8) is 0 Å². The van der Waals surface area contributed by atoms with E-state index in [4.69, 9.17) is 9.47 Å². The van der Waals surface area contributed by atoms with Crippen molar-refractivity contribution in [3.05, 3.63) is 24.3 Å². The molecule has 1 saturated heterocycles. The lowest BCUT2D eigenvalue weighted by Crippen LogP contribution is -2.48. The minimum Gasteiger partial charge on any atom is -0.491 e. The summed E-state index contributed by atoms with van der Waals surface area (Å²) in [7, 11) is 1.64. The van der Waals surface area contributed by atoms with E-state index in [1.165, 1.54) is 0 Å². The molecule has 0 bridgehead atoms. The minimum atomic E-state index is -0.101. The molecular weight excluding hydrogens is 268 g/mol. The summed E-state index contributed by atoms with van der Waals surface area (Å²) in [4.78, 5) is 12.3. The van der Waals surface area contributed by atoms with Gasteiger partial charge in [0.25, 0.3) is 0 Å². The average Bonchev–Trinajstić information content (AvgIpc) is 2.49. The summed E-state index contributed by atoms with van der Waals surface area (Å²) in [5, 5.41) is 6.24. The Kier molecular flexibility index (Phi) is 6.02. The molecule has 116 valence electrons. The van der Waals surface area contributed by atoms with Gasteiger partial charge in [0.05, 0.1) is 12.6 Å². The van der Waals surface area contributed by atoms with Crippen LogP contribution in [0.15, 0.2) is 24.3 Å². The highest BCUT2D eigenvalue weighted by molar-refractivity contribution is 5.95. The average molecular weight is 292 g/mol. The van der Waals surface area contributed by atoms with Crippen molar-refractivity contribution >= 4 is 11.6 Å². The third-order valence-electron chi connectivity index (χ3n) is 3.73. The van der Waals surface area contributed by atoms with Gasteiger partial charge in [-0.25, -0.2) is 0 Å². The molecule has 0 spiro atoms. The Balaban J connectivity index is 1.86. The van der Waals surface area contributed by atoms with Gasteiger partial charge >= 0.3 is 0 Å². The van der Waals surface area contributed by atoms with E-state index < -0.39 is 0 Å². The second-order valence-electron chi connectivity index (χ2n) is 5.41. The molecule has 1 aromatic carbocycles. The number of carbonyl (C=O) groups is 1. The SMILES string of the molecule is COCCOc1ccc(NC(=O)C2NCCCC2C)cc1. The van der Waals surface area contributed by atoms with Crippen LogP contribution in [-0.2, 0) is 9.53 Å². The molecule has 1 aromatic rings. The van der Waals surface area contributed by atoms with Crippen molar-refractivity contribution < 1.29 is 14.3 Å². The molecule has 0 radical (unpaired) electrons. The van der Waals surface area contributed by atoms with Crippen LogP contribution < -0.4 is 15.4 Å². The van der Waals surface area contributed by atoms with Gasteiger partial charge in [-0.3, -0.25) is 4.79 Å². The molecule has 1 aliphatic rings. The van der Waals surface area contributed by atoms with Crippen molar-refractivity contribution in [1.29, 1.82) is 0 Å². The van der Waals surface area contributed by atoms with Crippen LogP contribution in [0.1, 0.15) is 19.8 Å². The predicted octanol–water partition coefficient (Wildman–Crippen LogP) is 2.04.